The third-order valence-electron chi connectivity index (χ3n) is 5.24. The molecule has 2 aromatic carbocycles. The van der Waals surface area contributed by atoms with E-state index in [9.17, 15) is 9.59 Å². The number of benzene rings is 2. The molecule has 0 saturated carbocycles. The van der Waals surface area contributed by atoms with Gasteiger partial charge in [-0.3, -0.25) is 4.79 Å². The van der Waals surface area contributed by atoms with Gasteiger partial charge in [0.05, 0.1) is 20.3 Å². The molecule has 0 aliphatic heterocycles. The van der Waals surface area contributed by atoms with Crippen molar-refractivity contribution < 1.29 is 23.8 Å². The summed E-state index contributed by atoms with van der Waals surface area (Å²) in [6, 6.07) is 11.5. The maximum Gasteiger partial charge on any atom is 0.341 e. The van der Waals surface area contributed by atoms with Gasteiger partial charge >= 0.3 is 5.97 Å². The highest BCUT2D eigenvalue weighted by atomic mass is 32.1. The van der Waals surface area contributed by atoms with Crippen LogP contribution in [0.3, 0.4) is 0 Å². The Balaban J connectivity index is 1.85. The molecule has 0 spiro atoms. The fourth-order valence-electron chi connectivity index (χ4n) is 3.37. The van der Waals surface area contributed by atoms with Gasteiger partial charge in [0.1, 0.15) is 10.6 Å². The minimum absolute atomic E-state index is 0.244. The minimum Gasteiger partial charge on any atom is -0.493 e. The molecule has 0 aliphatic rings. The molecule has 0 atom stereocenters. The Bertz CT molecular complexity index is 1210. The third kappa shape index (κ3) is 5.85. The molecule has 1 amide bonds. The fraction of sp³-hybridized carbons (Fsp3) is 0.259. The van der Waals surface area contributed by atoms with Crippen LogP contribution in [0, 0.1) is 13.8 Å². The smallest absolute Gasteiger partial charge is 0.341 e. The topological polar surface area (TPSA) is 73.9 Å². The average molecular weight is 480 g/mol. The average Bonchev–Trinajstić information content (AvgIpc) is 3.24. The Kier molecular flexibility index (Phi) is 8.49. The van der Waals surface area contributed by atoms with Gasteiger partial charge in [-0.25, -0.2) is 4.79 Å². The van der Waals surface area contributed by atoms with Crippen LogP contribution in [0.2, 0.25) is 0 Å². The molecule has 1 aromatic heterocycles. The van der Waals surface area contributed by atoms with E-state index in [0.29, 0.717) is 28.7 Å². The summed E-state index contributed by atoms with van der Waals surface area (Å²) in [7, 11) is 1.57. The van der Waals surface area contributed by atoms with E-state index < -0.39 is 5.97 Å². The first-order valence-corrected chi connectivity index (χ1v) is 11.9. The standard InChI is InChI=1S/C27H29NO5S/c1-6-32-22-12-9-19(15-23(22)31-5)10-13-24(29)28-26-25(27(30)33-7-2)21(16-34-26)20-11-8-17(3)18(4)14-20/h8-16H,6-7H2,1-5H3,(H,28,29). The van der Waals surface area contributed by atoms with Gasteiger partial charge in [-0.1, -0.05) is 24.3 Å². The predicted octanol–water partition coefficient (Wildman–Crippen LogP) is 6.27. The molecule has 3 rings (SSSR count). The van der Waals surface area contributed by atoms with Gasteiger partial charge in [0.25, 0.3) is 0 Å². The first kappa shape index (κ1) is 25.1. The Hall–Kier alpha value is -3.58. The number of carbonyl (C=O) groups excluding carboxylic acids is 2. The monoisotopic (exact) mass is 479 g/mol. The summed E-state index contributed by atoms with van der Waals surface area (Å²) in [6.45, 7) is 8.50. The molecule has 0 fully saturated rings. The first-order valence-electron chi connectivity index (χ1n) is 11.0. The lowest BCUT2D eigenvalue weighted by Gasteiger charge is -2.10. The highest BCUT2D eigenvalue weighted by Crippen LogP contribution is 2.37. The summed E-state index contributed by atoms with van der Waals surface area (Å²) in [5.74, 6) is 0.410. The van der Waals surface area contributed by atoms with Crippen LogP contribution in [0.5, 0.6) is 11.5 Å². The van der Waals surface area contributed by atoms with Crippen molar-refractivity contribution in [1.29, 1.82) is 0 Å². The Labute approximate surface area is 204 Å². The van der Waals surface area contributed by atoms with Crippen LogP contribution >= 0.6 is 11.3 Å². The van der Waals surface area contributed by atoms with Gasteiger partial charge in [0, 0.05) is 17.0 Å². The van der Waals surface area contributed by atoms with Gasteiger partial charge in [-0.2, -0.15) is 0 Å². The second kappa shape index (κ2) is 11.5. The van der Waals surface area contributed by atoms with E-state index in [1.54, 1.807) is 32.2 Å². The number of nitrogens with one attached hydrogen (secondary N) is 1. The number of thiophene rings is 1. The van der Waals surface area contributed by atoms with Crippen molar-refractivity contribution in [2.24, 2.45) is 0 Å². The molecule has 178 valence electrons. The number of methoxy groups -OCH3 is 1. The van der Waals surface area contributed by atoms with Crippen LogP contribution in [0.1, 0.15) is 40.9 Å². The van der Waals surface area contributed by atoms with E-state index in [4.69, 9.17) is 14.2 Å². The second-order valence-electron chi connectivity index (χ2n) is 7.54. The van der Waals surface area contributed by atoms with Crippen molar-refractivity contribution in [2.45, 2.75) is 27.7 Å². The SMILES string of the molecule is CCOC(=O)c1c(-c2ccc(C)c(C)c2)csc1NC(=O)C=Cc1ccc(OCC)c(OC)c1. The van der Waals surface area contributed by atoms with Crippen LogP contribution < -0.4 is 14.8 Å². The number of aryl methyl sites for hydroxylation is 2. The van der Waals surface area contributed by atoms with Crippen molar-refractivity contribution in [2.75, 3.05) is 25.6 Å². The van der Waals surface area contributed by atoms with Gasteiger partial charge in [0.2, 0.25) is 5.91 Å². The first-order chi connectivity index (χ1) is 16.4. The normalized spacial score (nSPS) is 10.9. The molecular formula is C27H29NO5S. The number of anilines is 1. The quantitative estimate of drug-likeness (QED) is 0.289. The molecule has 6 nitrogen and oxygen atoms in total. The number of hydrogen-bond donors (Lipinski definition) is 1. The Morgan fingerprint density at radius 2 is 1.79 bits per heavy atom. The molecule has 0 unspecified atom stereocenters. The van der Waals surface area contributed by atoms with Crippen molar-refractivity contribution in [3.8, 4) is 22.6 Å². The zero-order chi connectivity index (χ0) is 24.7. The van der Waals surface area contributed by atoms with E-state index in [1.165, 1.54) is 23.0 Å². The largest absolute Gasteiger partial charge is 0.493 e. The van der Waals surface area contributed by atoms with Gasteiger partial charge in [0.15, 0.2) is 11.5 Å². The molecule has 34 heavy (non-hydrogen) atoms. The van der Waals surface area contributed by atoms with E-state index in [0.717, 1.165) is 22.3 Å². The zero-order valence-electron chi connectivity index (χ0n) is 20.1. The van der Waals surface area contributed by atoms with Crippen molar-refractivity contribution >= 4 is 34.3 Å². The minimum atomic E-state index is -0.465. The molecular weight excluding hydrogens is 450 g/mol. The number of hydrogen-bond acceptors (Lipinski definition) is 6. The van der Waals surface area contributed by atoms with Gasteiger partial charge < -0.3 is 19.5 Å². The Morgan fingerprint density at radius 1 is 1.00 bits per heavy atom. The molecule has 0 saturated heterocycles. The highest BCUT2D eigenvalue weighted by Gasteiger charge is 2.22. The van der Waals surface area contributed by atoms with Gasteiger partial charge in [-0.15, -0.1) is 11.3 Å². The molecule has 0 bridgehead atoms. The van der Waals surface area contributed by atoms with Crippen molar-refractivity contribution in [3.63, 3.8) is 0 Å². The zero-order valence-corrected chi connectivity index (χ0v) is 20.9. The fourth-order valence-corrected chi connectivity index (χ4v) is 4.33. The number of amides is 1. The van der Waals surface area contributed by atoms with Crippen molar-refractivity contribution in [3.05, 3.63) is 70.1 Å². The lowest BCUT2D eigenvalue weighted by Crippen LogP contribution is -2.12. The maximum atomic E-state index is 12.8. The molecule has 1 N–H and O–H groups in total. The number of rotatable bonds is 9. The summed E-state index contributed by atoms with van der Waals surface area (Å²) in [5.41, 5.74) is 5.07. The summed E-state index contributed by atoms with van der Waals surface area (Å²) in [4.78, 5) is 25.5. The number of ether oxygens (including phenoxy) is 3. The van der Waals surface area contributed by atoms with Crippen LogP contribution in [0.25, 0.3) is 17.2 Å². The van der Waals surface area contributed by atoms with E-state index in [2.05, 4.69) is 5.32 Å². The summed E-state index contributed by atoms with van der Waals surface area (Å²) in [5, 5.41) is 5.15. The van der Waals surface area contributed by atoms with E-state index in [-0.39, 0.29) is 12.5 Å². The van der Waals surface area contributed by atoms with Crippen LogP contribution in [0.4, 0.5) is 5.00 Å². The van der Waals surface area contributed by atoms with E-state index >= 15 is 0 Å². The second-order valence-corrected chi connectivity index (χ2v) is 8.42. The molecule has 7 heteroatoms. The molecule has 0 radical (unpaired) electrons. The lowest BCUT2D eigenvalue weighted by molar-refractivity contribution is -0.111. The van der Waals surface area contributed by atoms with Crippen LogP contribution in [-0.2, 0) is 9.53 Å². The highest BCUT2D eigenvalue weighted by molar-refractivity contribution is 7.15. The molecule has 0 aliphatic carbocycles. The van der Waals surface area contributed by atoms with Crippen LogP contribution in [-0.4, -0.2) is 32.2 Å². The number of carbonyl (C=O) groups is 2. The number of esters is 1. The molecule has 1 heterocycles. The summed E-state index contributed by atoms with van der Waals surface area (Å²) < 4.78 is 16.2. The van der Waals surface area contributed by atoms with Gasteiger partial charge in [-0.05, 0) is 68.2 Å². The van der Waals surface area contributed by atoms with Crippen LogP contribution in [0.15, 0.2) is 47.9 Å². The third-order valence-corrected chi connectivity index (χ3v) is 6.14. The predicted molar refractivity (Wildman–Crippen MR) is 137 cm³/mol. The van der Waals surface area contributed by atoms with Crippen molar-refractivity contribution in [1.82, 2.24) is 0 Å². The summed E-state index contributed by atoms with van der Waals surface area (Å²) in [6.07, 6.45) is 3.09. The summed E-state index contributed by atoms with van der Waals surface area (Å²) >= 11 is 1.30. The Morgan fingerprint density at radius 3 is 2.47 bits per heavy atom. The van der Waals surface area contributed by atoms with E-state index in [1.807, 2.05) is 50.4 Å². The molecule has 3 aromatic rings. The maximum absolute atomic E-state index is 12.8. The lowest BCUT2D eigenvalue weighted by atomic mass is 9.99.